The second-order valence-corrected chi connectivity index (χ2v) is 2.90. The van der Waals surface area contributed by atoms with Gasteiger partial charge in [-0.05, 0) is 0 Å². The maximum atomic E-state index is 12.6. The van der Waals surface area contributed by atoms with Crippen molar-refractivity contribution < 1.29 is 46.1 Å². The van der Waals surface area contributed by atoms with E-state index in [1.165, 1.54) is 0 Å². The zero-order valence-electron chi connectivity index (χ0n) is 7.86. The molecule has 0 saturated heterocycles. The van der Waals surface area contributed by atoms with Crippen LogP contribution in [-0.4, -0.2) is 40.6 Å². The van der Waals surface area contributed by atoms with Gasteiger partial charge in [-0.2, -0.15) is 30.7 Å². The minimum absolute atomic E-state index is 0. The molecule has 4 nitrogen and oxygen atoms in total. The third-order valence-electron chi connectivity index (χ3n) is 1.63. The third-order valence-corrected chi connectivity index (χ3v) is 1.63. The third kappa shape index (κ3) is 3.43. The highest BCUT2D eigenvalue weighted by atomic mass is 19.4. The van der Waals surface area contributed by atoms with Crippen molar-refractivity contribution >= 4 is 5.97 Å². The lowest BCUT2D eigenvalue weighted by molar-refractivity contribution is -0.358. The molecule has 5 N–H and O–H groups in total. The van der Waals surface area contributed by atoms with Gasteiger partial charge in [0.25, 0.3) is 0 Å². The van der Waals surface area contributed by atoms with E-state index in [1.54, 1.807) is 0 Å². The molecule has 0 rings (SSSR count). The standard InChI is InChI=1S/C6H6F7NO2.H2O/c7-4(8,2(14)1-3(15)16)5(9,10)6(11,12)13;/h2H,1,14H2,(H,15,16);1H2. The fraction of sp³-hybridized carbons (Fsp3) is 0.833. The number of aliphatic carboxylic acids is 1. The van der Waals surface area contributed by atoms with Gasteiger partial charge < -0.3 is 16.3 Å². The van der Waals surface area contributed by atoms with E-state index in [2.05, 4.69) is 5.73 Å². The molecule has 0 amide bonds. The van der Waals surface area contributed by atoms with Crippen molar-refractivity contribution in [1.82, 2.24) is 0 Å². The fourth-order valence-electron chi connectivity index (χ4n) is 0.738. The molecular formula is C6H8F7NO3. The van der Waals surface area contributed by atoms with Gasteiger partial charge >= 0.3 is 24.0 Å². The Kier molecular flexibility index (Phi) is 5.42. The highest BCUT2D eigenvalue weighted by Gasteiger charge is 2.74. The first-order valence-corrected chi connectivity index (χ1v) is 3.63. The van der Waals surface area contributed by atoms with Crippen molar-refractivity contribution in [1.29, 1.82) is 0 Å². The molecule has 0 spiro atoms. The number of hydrogen-bond donors (Lipinski definition) is 2. The lowest BCUT2D eigenvalue weighted by atomic mass is 10.0. The molecule has 17 heavy (non-hydrogen) atoms. The lowest BCUT2D eigenvalue weighted by Gasteiger charge is -2.31. The van der Waals surface area contributed by atoms with Crippen LogP contribution in [0.15, 0.2) is 0 Å². The molecule has 0 bridgehead atoms. The molecule has 0 aliphatic carbocycles. The molecular weight excluding hydrogens is 267 g/mol. The second-order valence-electron chi connectivity index (χ2n) is 2.90. The lowest BCUT2D eigenvalue weighted by Crippen LogP contribution is -2.60. The van der Waals surface area contributed by atoms with Crippen molar-refractivity contribution in [2.75, 3.05) is 0 Å². The van der Waals surface area contributed by atoms with Crippen molar-refractivity contribution in [2.24, 2.45) is 5.73 Å². The van der Waals surface area contributed by atoms with Crippen molar-refractivity contribution in [3.63, 3.8) is 0 Å². The Bertz CT molecular complexity index is 277. The number of carboxylic acid groups (broad SMARTS) is 1. The van der Waals surface area contributed by atoms with Crippen LogP contribution >= 0.6 is 0 Å². The second kappa shape index (κ2) is 5.04. The van der Waals surface area contributed by atoms with Gasteiger partial charge in [0, 0.05) is 0 Å². The molecule has 11 heteroatoms. The smallest absolute Gasteiger partial charge is 0.459 e. The van der Waals surface area contributed by atoms with Crippen LogP contribution in [0.3, 0.4) is 0 Å². The largest absolute Gasteiger partial charge is 0.481 e. The quantitative estimate of drug-likeness (QED) is 0.743. The zero-order chi connectivity index (χ0) is 13.4. The Morgan fingerprint density at radius 2 is 1.47 bits per heavy atom. The minimum atomic E-state index is -6.51. The monoisotopic (exact) mass is 275 g/mol. The highest BCUT2D eigenvalue weighted by Crippen LogP contribution is 2.47. The summed E-state index contributed by atoms with van der Waals surface area (Å²) in [5.41, 5.74) is 4.32. The summed E-state index contributed by atoms with van der Waals surface area (Å²) in [6.07, 6.45) is -8.22. The topological polar surface area (TPSA) is 94.8 Å². The summed E-state index contributed by atoms with van der Waals surface area (Å²) < 4.78 is 84.5. The van der Waals surface area contributed by atoms with E-state index in [1.807, 2.05) is 0 Å². The summed E-state index contributed by atoms with van der Waals surface area (Å²) in [5.74, 6) is -14.1. The summed E-state index contributed by atoms with van der Waals surface area (Å²) in [7, 11) is 0. The molecule has 104 valence electrons. The molecule has 1 unspecified atom stereocenters. The fourth-order valence-corrected chi connectivity index (χ4v) is 0.738. The van der Waals surface area contributed by atoms with Crippen LogP contribution in [-0.2, 0) is 4.79 Å². The summed E-state index contributed by atoms with van der Waals surface area (Å²) in [4.78, 5) is 9.89. The maximum absolute atomic E-state index is 12.6. The normalized spacial score (nSPS) is 15.1. The minimum Gasteiger partial charge on any atom is -0.481 e. The predicted octanol–water partition coefficient (Wildman–Crippen LogP) is 0.797. The van der Waals surface area contributed by atoms with Crippen LogP contribution in [0.1, 0.15) is 6.42 Å². The zero-order valence-corrected chi connectivity index (χ0v) is 7.86. The van der Waals surface area contributed by atoms with Crippen molar-refractivity contribution in [2.45, 2.75) is 30.5 Å². The molecule has 0 heterocycles. The van der Waals surface area contributed by atoms with E-state index in [0.29, 0.717) is 0 Å². The maximum Gasteiger partial charge on any atom is 0.459 e. The Labute approximate surface area is 89.5 Å². The number of carbonyl (C=O) groups is 1. The molecule has 0 radical (unpaired) electrons. The van der Waals surface area contributed by atoms with E-state index >= 15 is 0 Å². The summed E-state index contributed by atoms with van der Waals surface area (Å²) in [6, 6.07) is -3.14. The van der Waals surface area contributed by atoms with Crippen LogP contribution < -0.4 is 5.73 Å². The number of carboxylic acids is 1. The number of halogens is 7. The van der Waals surface area contributed by atoms with Gasteiger partial charge in [-0.1, -0.05) is 0 Å². The Morgan fingerprint density at radius 3 is 1.71 bits per heavy atom. The van der Waals surface area contributed by atoms with Gasteiger partial charge in [0.15, 0.2) is 0 Å². The Hall–Kier alpha value is -1.10. The average molecular weight is 275 g/mol. The van der Waals surface area contributed by atoms with E-state index in [0.717, 1.165) is 0 Å². The highest BCUT2D eigenvalue weighted by molar-refractivity contribution is 5.67. The first-order chi connectivity index (χ1) is 6.84. The van der Waals surface area contributed by atoms with Gasteiger partial charge in [-0.25, -0.2) is 0 Å². The van der Waals surface area contributed by atoms with Gasteiger partial charge in [-0.3, -0.25) is 4.79 Å². The summed E-state index contributed by atoms with van der Waals surface area (Å²) in [6.45, 7) is 0. The van der Waals surface area contributed by atoms with Crippen molar-refractivity contribution in [3.05, 3.63) is 0 Å². The SMILES string of the molecule is NC(CC(=O)O)C(F)(F)C(F)(F)C(F)(F)F.O. The molecule has 0 aromatic heterocycles. The van der Waals surface area contributed by atoms with Crippen LogP contribution in [0.2, 0.25) is 0 Å². The number of alkyl halides is 7. The first-order valence-electron chi connectivity index (χ1n) is 3.63. The van der Waals surface area contributed by atoms with Gasteiger partial charge in [0.05, 0.1) is 12.5 Å². The molecule has 0 aliphatic rings. The van der Waals surface area contributed by atoms with Crippen LogP contribution in [0.25, 0.3) is 0 Å². The van der Waals surface area contributed by atoms with Crippen LogP contribution in [0.4, 0.5) is 30.7 Å². The number of rotatable bonds is 4. The summed E-state index contributed by atoms with van der Waals surface area (Å²) >= 11 is 0. The van der Waals surface area contributed by atoms with E-state index in [4.69, 9.17) is 5.11 Å². The van der Waals surface area contributed by atoms with Crippen LogP contribution in [0, 0.1) is 0 Å². The molecule has 1 atom stereocenters. The molecule has 0 fully saturated rings. The molecule has 0 aliphatic heterocycles. The van der Waals surface area contributed by atoms with E-state index in [-0.39, 0.29) is 5.48 Å². The van der Waals surface area contributed by atoms with Crippen LogP contribution in [0.5, 0.6) is 0 Å². The molecule has 0 aromatic carbocycles. The number of nitrogens with two attached hydrogens (primary N) is 1. The van der Waals surface area contributed by atoms with Gasteiger partial charge in [0.2, 0.25) is 0 Å². The molecule has 0 aromatic rings. The molecule has 0 saturated carbocycles. The van der Waals surface area contributed by atoms with Crippen molar-refractivity contribution in [3.8, 4) is 0 Å². The Morgan fingerprint density at radius 1 is 1.12 bits per heavy atom. The van der Waals surface area contributed by atoms with E-state index in [9.17, 15) is 35.5 Å². The summed E-state index contributed by atoms with van der Waals surface area (Å²) in [5, 5.41) is 7.98. The predicted molar refractivity (Wildman–Crippen MR) is 39.8 cm³/mol. The first kappa shape index (κ1) is 18.3. The van der Waals surface area contributed by atoms with Gasteiger partial charge in [-0.15, -0.1) is 0 Å². The van der Waals surface area contributed by atoms with E-state index < -0.39 is 36.5 Å². The number of hydrogen-bond acceptors (Lipinski definition) is 2. The Balaban J connectivity index is 0. The average Bonchev–Trinajstić information content (AvgIpc) is 2.00. The van der Waals surface area contributed by atoms with Gasteiger partial charge in [0.1, 0.15) is 0 Å².